The van der Waals surface area contributed by atoms with E-state index in [1.807, 2.05) is 31.3 Å². The van der Waals surface area contributed by atoms with Crippen molar-refractivity contribution in [2.75, 3.05) is 0 Å². The number of fused-ring (bicyclic) bond motifs is 1. The average Bonchev–Trinajstić information content (AvgIpc) is 2.16. The molecule has 0 aliphatic carbocycles. The number of hydrogen-bond donors (Lipinski definition) is 1. The second kappa shape index (κ2) is 3.19. The topological polar surface area (TPSA) is 33.1 Å². The molecule has 63 valence electrons. The molecule has 2 rings (SSSR count). The van der Waals surface area contributed by atoms with Gasteiger partial charge in [-0.05, 0) is 30.0 Å². The molecule has 2 nitrogen and oxygen atoms in total. The van der Waals surface area contributed by atoms with Crippen LogP contribution in [0.4, 0.5) is 0 Å². The van der Waals surface area contributed by atoms with Gasteiger partial charge in [-0.2, -0.15) is 0 Å². The normalized spacial score (nSPS) is 10.3. The number of nitrogens with zero attached hydrogens (tertiary/aromatic N) is 1. The summed E-state index contributed by atoms with van der Waals surface area (Å²) in [6.45, 7) is 2.00. The monoisotopic (exact) mass is 170 g/mol. The third-order valence-electron chi connectivity index (χ3n) is 1.99. The van der Waals surface area contributed by atoms with Crippen molar-refractivity contribution >= 4 is 23.8 Å². The molecule has 0 spiro atoms. The van der Waals surface area contributed by atoms with Crippen molar-refractivity contribution in [1.82, 2.24) is 4.98 Å². The van der Waals surface area contributed by atoms with E-state index in [1.54, 1.807) is 0 Å². The van der Waals surface area contributed by atoms with Crippen LogP contribution in [0.25, 0.3) is 10.9 Å². The van der Waals surface area contributed by atoms with Gasteiger partial charge >= 0.3 is 7.48 Å². The van der Waals surface area contributed by atoms with E-state index in [0.717, 1.165) is 29.4 Å². The van der Waals surface area contributed by atoms with Crippen molar-refractivity contribution in [3.8, 4) is 0 Å². The first-order valence-electron chi connectivity index (χ1n) is 4.13. The maximum Gasteiger partial charge on any atom is 0.326 e. The van der Waals surface area contributed by atoms with Crippen molar-refractivity contribution in [3.05, 3.63) is 36.0 Å². The zero-order valence-corrected chi connectivity index (χ0v) is 7.36. The standard InChI is InChI=1S/C10H9BNO/c1-7-4-8-5-9(11-13)2-3-10(8)12-6-7/h2-6,13H,1H3. The predicted octanol–water partition coefficient (Wildman–Crippen LogP) is 0.780. The minimum absolute atomic E-state index is 0.805. The molecule has 0 atom stereocenters. The molecule has 1 radical (unpaired) electrons. The number of aryl methyl sites for hydroxylation is 1. The lowest BCUT2D eigenvalue weighted by molar-refractivity contribution is 0.615. The fraction of sp³-hybridized carbons (Fsp3) is 0.100. The average molecular weight is 170 g/mol. The van der Waals surface area contributed by atoms with Crippen molar-refractivity contribution in [1.29, 1.82) is 0 Å². The molecule has 1 aromatic heterocycles. The summed E-state index contributed by atoms with van der Waals surface area (Å²) in [4.78, 5) is 4.26. The van der Waals surface area contributed by atoms with Crippen molar-refractivity contribution in [3.63, 3.8) is 0 Å². The largest absolute Gasteiger partial charge is 0.450 e. The number of pyridine rings is 1. The quantitative estimate of drug-likeness (QED) is 0.641. The Kier molecular flexibility index (Phi) is 2.03. The summed E-state index contributed by atoms with van der Waals surface area (Å²) in [5.41, 5.74) is 2.89. The first-order chi connectivity index (χ1) is 6.29. The van der Waals surface area contributed by atoms with Gasteiger partial charge < -0.3 is 5.02 Å². The Hall–Kier alpha value is -1.35. The molecule has 2 aromatic rings. The summed E-state index contributed by atoms with van der Waals surface area (Å²) in [6.07, 6.45) is 1.84. The third kappa shape index (κ3) is 1.56. The molecule has 0 aliphatic rings. The molecule has 13 heavy (non-hydrogen) atoms. The molecule has 0 fully saturated rings. The summed E-state index contributed by atoms with van der Waals surface area (Å²) < 4.78 is 0. The molecular formula is C10H9BNO. The molecule has 1 heterocycles. The smallest absolute Gasteiger partial charge is 0.326 e. The number of aromatic nitrogens is 1. The molecule has 0 saturated carbocycles. The van der Waals surface area contributed by atoms with Gasteiger partial charge in [0.25, 0.3) is 0 Å². The zero-order chi connectivity index (χ0) is 9.26. The first-order valence-corrected chi connectivity index (χ1v) is 4.13. The van der Waals surface area contributed by atoms with E-state index in [9.17, 15) is 0 Å². The van der Waals surface area contributed by atoms with Crippen LogP contribution in [0.1, 0.15) is 5.56 Å². The van der Waals surface area contributed by atoms with Crippen LogP contribution in [0.2, 0.25) is 0 Å². The fourth-order valence-electron chi connectivity index (χ4n) is 1.34. The predicted molar refractivity (Wildman–Crippen MR) is 54.1 cm³/mol. The second-order valence-electron chi connectivity index (χ2n) is 3.09. The van der Waals surface area contributed by atoms with Crippen molar-refractivity contribution < 1.29 is 5.02 Å². The Morgan fingerprint density at radius 2 is 2.15 bits per heavy atom. The first kappa shape index (κ1) is 8.26. The molecule has 0 amide bonds. The molecule has 1 aromatic carbocycles. The fourth-order valence-corrected chi connectivity index (χ4v) is 1.34. The van der Waals surface area contributed by atoms with Crippen LogP contribution in [-0.2, 0) is 0 Å². The lowest BCUT2D eigenvalue weighted by Gasteiger charge is -2.00. The van der Waals surface area contributed by atoms with Crippen molar-refractivity contribution in [2.24, 2.45) is 0 Å². The molecule has 0 aliphatic heterocycles. The lowest BCUT2D eigenvalue weighted by Crippen LogP contribution is -2.12. The van der Waals surface area contributed by atoms with Crippen LogP contribution in [-0.4, -0.2) is 17.5 Å². The molecule has 0 saturated heterocycles. The molecule has 0 bridgehead atoms. The Labute approximate surface area is 77.5 Å². The number of rotatable bonds is 1. The highest BCUT2D eigenvalue weighted by Crippen LogP contribution is 2.10. The van der Waals surface area contributed by atoms with E-state index in [-0.39, 0.29) is 0 Å². The van der Waals surface area contributed by atoms with Gasteiger partial charge in [0.05, 0.1) is 5.52 Å². The minimum atomic E-state index is 0.805. The maximum atomic E-state index is 8.82. The van der Waals surface area contributed by atoms with E-state index in [0.29, 0.717) is 0 Å². The van der Waals surface area contributed by atoms with Gasteiger partial charge in [0.1, 0.15) is 0 Å². The van der Waals surface area contributed by atoms with Crippen LogP contribution < -0.4 is 5.46 Å². The SMILES string of the molecule is Cc1cnc2ccc([B]O)cc2c1. The summed E-state index contributed by atoms with van der Waals surface area (Å²) in [5, 5.41) is 9.88. The van der Waals surface area contributed by atoms with E-state index >= 15 is 0 Å². The molecule has 0 unspecified atom stereocenters. The highest BCUT2D eigenvalue weighted by molar-refractivity contribution is 6.45. The summed E-state index contributed by atoms with van der Waals surface area (Å²) in [7, 11) is 1.10. The number of hydrogen-bond acceptors (Lipinski definition) is 2. The molecular weight excluding hydrogens is 161 g/mol. The van der Waals surface area contributed by atoms with Gasteiger partial charge in [0.2, 0.25) is 0 Å². The number of benzene rings is 1. The summed E-state index contributed by atoms with van der Waals surface area (Å²) in [5.74, 6) is 0. The van der Waals surface area contributed by atoms with Gasteiger partial charge in [-0.25, -0.2) is 0 Å². The van der Waals surface area contributed by atoms with Gasteiger partial charge in [-0.3, -0.25) is 4.98 Å². The van der Waals surface area contributed by atoms with E-state index in [2.05, 4.69) is 11.1 Å². The Bertz CT molecular complexity index is 442. The van der Waals surface area contributed by atoms with Crippen molar-refractivity contribution in [2.45, 2.75) is 6.92 Å². The third-order valence-corrected chi connectivity index (χ3v) is 1.99. The maximum absolute atomic E-state index is 8.82. The zero-order valence-electron chi connectivity index (χ0n) is 7.36. The van der Waals surface area contributed by atoms with Gasteiger partial charge in [0.15, 0.2) is 0 Å². The van der Waals surface area contributed by atoms with Crippen LogP contribution in [0.15, 0.2) is 30.5 Å². The Balaban J connectivity index is 2.68. The van der Waals surface area contributed by atoms with E-state index in [4.69, 9.17) is 5.02 Å². The molecule has 1 N–H and O–H groups in total. The van der Waals surface area contributed by atoms with Gasteiger partial charge in [-0.1, -0.05) is 17.6 Å². The van der Waals surface area contributed by atoms with Crippen LogP contribution >= 0.6 is 0 Å². The lowest BCUT2D eigenvalue weighted by atomic mass is 9.88. The Morgan fingerprint density at radius 3 is 2.92 bits per heavy atom. The van der Waals surface area contributed by atoms with Crippen LogP contribution in [0, 0.1) is 6.92 Å². The van der Waals surface area contributed by atoms with E-state index in [1.165, 1.54) is 0 Å². The summed E-state index contributed by atoms with van der Waals surface area (Å²) >= 11 is 0. The minimum Gasteiger partial charge on any atom is -0.450 e. The van der Waals surface area contributed by atoms with Gasteiger partial charge in [0, 0.05) is 6.20 Å². The Morgan fingerprint density at radius 1 is 1.31 bits per heavy atom. The highest BCUT2D eigenvalue weighted by Gasteiger charge is 1.97. The van der Waals surface area contributed by atoms with Gasteiger partial charge in [-0.15, -0.1) is 0 Å². The van der Waals surface area contributed by atoms with Crippen LogP contribution in [0.5, 0.6) is 0 Å². The highest BCUT2D eigenvalue weighted by atomic mass is 16.2. The second-order valence-corrected chi connectivity index (χ2v) is 3.09. The molecule has 3 heteroatoms. The van der Waals surface area contributed by atoms with Crippen LogP contribution in [0.3, 0.4) is 0 Å². The summed E-state index contributed by atoms with van der Waals surface area (Å²) in [6, 6.07) is 7.70. The van der Waals surface area contributed by atoms with E-state index < -0.39 is 0 Å².